The number of hydrogen-bond donors (Lipinski definition) is 0. The molecule has 1 saturated heterocycles. The summed E-state index contributed by atoms with van der Waals surface area (Å²) in [4.78, 5) is 5.06. The molecule has 1 aliphatic rings. The molecular formula is C12H28N2O2Si. The Balaban J connectivity index is 2.62. The maximum atomic E-state index is 5.71. The molecule has 0 aromatic carbocycles. The van der Waals surface area contributed by atoms with E-state index in [1.165, 1.54) is 13.1 Å². The van der Waals surface area contributed by atoms with E-state index in [1.807, 2.05) is 0 Å². The van der Waals surface area contributed by atoms with Crippen LogP contribution in [0.5, 0.6) is 0 Å². The minimum Gasteiger partial charge on any atom is -0.397 e. The summed E-state index contributed by atoms with van der Waals surface area (Å²) in [6, 6.07) is 0. The lowest BCUT2D eigenvalue weighted by Gasteiger charge is -2.43. The Morgan fingerprint density at radius 1 is 1.06 bits per heavy atom. The third-order valence-corrected chi connectivity index (χ3v) is 7.70. The van der Waals surface area contributed by atoms with E-state index >= 15 is 0 Å². The number of nitrogens with zero attached hydrogens (tertiary/aromatic N) is 2. The van der Waals surface area contributed by atoms with Crippen LogP contribution in [0.4, 0.5) is 0 Å². The van der Waals surface area contributed by atoms with Gasteiger partial charge in [-0.25, -0.2) is 0 Å². The predicted octanol–water partition coefficient (Wildman–Crippen LogP) is 1.31. The van der Waals surface area contributed by atoms with Crippen LogP contribution in [0.25, 0.3) is 0 Å². The summed E-state index contributed by atoms with van der Waals surface area (Å²) >= 11 is 0. The van der Waals surface area contributed by atoms with E-state index in [-0.39, 0.29) is 0 Å². The Bertz CT molecular complexity index is 217. The molecule has 102 valence electrons. The molecule has 0 N–H and O–H groups in total. The zero-order chi connectivity index (χ0) is 12.9. The lowest BCUT2D eigenvalue weighted by Crippen LogP contribution is -2.61. The van der Waals surface area contributed by atoms with Crippen LogP contribution < -0.4 is 0 Å². The summed E-state index contributed by atoms with van der Waals surface area (Å²) in [5, 5.41) is 0. The second-order valence-electron chi connectivity index (χ2n) is 4.82. The summed E-state index contributed by atoms with van der Waals surface area (Å²) in [5.41, 5.74) is 0.469. The molecule has 4 nitrogen and oxygen atoms in total. The lowest BCUT2D eigenvalue weighted by atomic mass is 10.3. The second kappa shape index (κ2) is 6.85. The fourth-order valence-corrected chi connectivity index (χ4v) is 5.08. The molecule has 1 rings (SSSR count). The zero-order valence-corrected chi connectivity index (χ0v) is 13.0. The van der Waals surface area contributed by atoms with Crippen LogP contribution in [0, 0.1) is 0 Å². The van der Waals surface area contributed by atoms with Gasteiger partial charge < -0.3 is 13.8 Å². The molecule has 1 aliphatic heterocycles. The highest BCUT2D eigenvalue weighted by molar-refractivity contribution is 6.67. The highest BCUT2D eigenvalue weighted by Gasteiger charge is 2.42. The number of rotatable bonds is 6. The first-order valence-corrected chi connectivity index (χ1v) is 9.07. The SMILES string of the molecule is CCC(N1CCN(CC)CC1)[Si](C)(OC)OC. The van der Waals surface area contributed by atoms with Crippen molar-refractivity contribution < 1.29 is 8.85 Å². The van der Waals surface area contributed by atoms with E-state index in [0.29, 0.717) is 5.67 Å². The molecule has 0 aromatic heterocycles. The minimum atomic E-state index is -2.04. The van der Waals surface area contributed by atoms with Crippen LogP contribution in [0.3, 0.4) is 0 Å². The zero-order valence-electron chi connectivity index (χ0n) is 12.0. The van der Waals surface area contributed by atoms with Crippen LogP contribution in [0.15, 0.2) is 0 Å². The van der Waals surface area contributed by atoms with Gasteiger partial charge in [0.05, 0.1) is 5.67 Å². The Kier molecular flexibility index (Phi) is 6.09. The van der Waals surface area contributed by atoms with Crippen molar-refractivity contribution in [2.24, 2.45) is 0 Å². The van der Waals surface area contributed by atoms with Crippen molar-refractivity contribution in [1.82, 2.24) is 9.80 Å². The monoisotopic (exact) mass is 260 g/mol. The number of hydrogen-bond acceptors (Lipinski definition) is 4. The summed E-state index contributed by atoms with van der Waals surface area (Å²) in [6.07, 6.45) is 1.11. The van der Waals surface area contributed by atoms with E-state index < -0.39 is 8.56 Å². The number of piperazine rings is 1. The Labute approximate surface area is 107 Å². The van der Waals surface area contributed by atoms with E-state index in [9.17, 15) is 0 Å². The quantitative estimate of drug-likeness (QED) is 0.672. The van der Waals surface area contributed by atoms with Crippen LogP contribution in [-0.2, 0) is 8.85 Å². The van der Waals surface area contributed by atoms with Gasteiger partial charge in [0.25, 0.3) is 0 Å². The van der Waals surface area contributed by atoms with Gasteiger partial charge >= 0.3 is 8.56 Å². The van der Waals surface area contributed by atoms with E-state index in [0.717, 1.165) is 26.1 Å². The average molecular weight is 260 g/mol. The molecule has 1 fully saturated rings. The summed E-state index contributed by atoms with van der Waals surface area (Å²) in [7, 11) is 1.55. The molecule has 5 heteroatoms. The maximum absolute atomic E-state index is 5.71. The molecule has 0 aliphatic carbocycles. The first-order valence-electron chi connectivity index (χ1n) is 6.68. The average Bonchev–Trinajstić information content (AvgIpc) is 2.40. The molecule has 0 saturated carbocycles. The third-order valence-electron chi connectivity index (χ3n) is 4.10. The third kappa shape index (κ3) is 3.51. The molecule has 17 heavy (non-hydrogen) atoms. The van der Waals surface area contributed by atoms with Gasteiger partial charge in [-0.15, -0.1) is 0 Å². The second-order valence-corrected chi connectivity index (χ2v) is 8.33. The van der Waals surface area contributed by atoms with Gasteiger partial charge in [-0.05, 0) is 19.5 Å². The van der Waals surface area contributed by atoms with Crippen molar-refractivity contribution in [2.75, 3.05) is 46.9 Å². The molecule has 0 radical (unpaired) electrons. The Morgan fingerprint density at radius 2 is 1.59 bits per heavy atom. The van der Waals surface area contributed by atoms with Gasteiger partial charge in [-0.1, -0.05) is 13.8 Å². The first-order chi connectivity index (χ1) is 8.11. The number of likely N-dealkylation sites (N-methyl/N-ethyl adjacent to an activating group) is 1. The molecular weight excluding hydrogens is 232 g/mol. The van der Waals surface area contributed by atoms with Gasteiger partial charge in [0.15, 0.2) is 0 Å². The standard InChI is InChI=1S/C12H28N2O2Si/c1-6-12(17(5,15-3)16-4)14-10-8-13(7-2)9-11-14/h12H,6-11H2,1-5H3. The van der Waals surface area contributed by atoms with E-state index in [1.54, 1.807) is 14.2 Å². The molecule has 1 unspecified atom stereocenters. The highest BCUT2D eigenvalue weighted by Crippen LogP contribution is 2.21. The smallest absolute Gasteiger partial charge is 0.352 e. The minimum absolute atomic E-state index is 0.469. The molecule has 1 atom stereocenters. The van der Waals surface area contributed by atoms with Crippen molar-refractivity contribution in [3.05, 3.63) is 0 Å². The van der Waals surface area contributed by atoms with Gasteiger partial charge in [-0.2, -0.15) is 0 Å². The topological polar surface area (TPSA) is 24.9 Å². The van der Waals surface area contributed by atoms with Crippen LogP contribution in [0.1, 0.15) is 20.3 Å². The van der Waals surface area contributed by atoms with E-state index in [2.05, 4.69) is 30.2 Å². The van der Waals surface area contributed by atoms with E-state index in [4.69, 9.17) is 8.85 Å². The van der Waals surface area contributed by atoms with Crippen molar-refractivity contribution in [2.45, 2.75) is 32.5 Å². The fourth-order valence-electron chi connectivity index (χ4n) is 2.71. The predicted molar refractivity (Wildman–Crippen MR) is 73.4 cm³/mol. The Morgan fingerprint density at radius 3 is 1.94 bits per heavy atom. The molecule has 0 aromatic rings. The maximum Gasteiger partial charge on any atom is 0.352 e. The molecule has 0 amide bonds. The van der Waals surface area contributed by atoms with Crippen molar-refractivity contribution in [3.63, 3.8) is 0 Å². The summed E-state index contributed by atoms with van der Waals surface area (Å²) in [6.45, 7) is 12.4. The first kappa shape index (κ1) is 15.1. The van der Waals surface area contributed by atoms with Crippen LogP contribution in [0.2, 0.25) is 6.55 Å². The van der Waals surface area contributed by atoms with Gasteiger partial charge in [0.2, 0.25) is 0 Å². The highest BCUT2D eigenvalue weighted by atomic mass is 28.4. The van der Waals surface area contributed by atoms with Crippen LogP contribution >= 0.6 is 0 Å². The summed E-state index contributed by atoms with van der Waals surface area (Å²) in [5.74, 6) is 0. The Hall–Kier alpha value is 0.0569. The molecule has 1 heterocycles. The largest absolute Gasteiger partial charge is 0.397 e. The summed E-state index contributed by atoms with van der Waals surface area (Å²) < 4.78 is 11.4. The molecule has 0 spiro atoms. The fraction of sp³-hybridized carbons (Fsp3) is 1.00. The lowest BCUT2D eigenvalue weighted by molar-refractivity contribution is 0.0960. The normalized spacial score (nSPS) is 21.7. The van der Waals surface area contributed by atoms with Crippen LogP contribution in [-0.4, -0.2) is 71.0 Å². The van der Waals surface area contributed by atoms with Gasteiger partial charge in [-0.3, -0.25) is 4.90 Å². The van der Waals surface area contributed by atoms with Crippen molar-refractivity contribution in [1.29, 1.82) is 0 Å². The van der Waals surface area contributed by atoms with Crippen molar-refractivity contribution >= 4 is 8.56 Å². The van der Waals surface area contributed by atoms with Crippen molar-refractivity contribution in [3.8, 4) is 0 Å². The van der Waals surface area contributed by atoms with Gasteiger partial charge in [0, 0.05) is 40.4 Å². The molecule has 0 bridgehead atoms. The van der Waals surface area contributed by atoms with Gasteiger partial charge in [0.1, 0.15) is 0 Å².